The van der Waals surface area contributed by atoms with Gasteiger partial charge in [0.1, 0.15) is 4.90 Å². The van der Waals surface area contributed by atoms with E-state index in [9.17, 15) is 13.2 Å². The van der Waals surface area contributed by atoms with Gasteiger partial charge in [0.2, 0.25) is 15.9 Å². The molecule has 1 aliphatic rings. The number of nitrogens with zero attached hydrogens (tertiary/aromatic N) is 2. The molecule has 8 heteroatoms. The molecule has 1 saturated heterocycles. The Bertz CT molecular complexity index is 651. The number of rotatable bonds is 5. The van der Waals surface area contributed by atoms with E-state index in [1.54, 1.807) is 11.0 Å². The van der Waals surface area contributed by atoms with Gasteiger partial charge in [0, 0.05) is 32.6 Å². The van der Waals surface area contributed by atoms with Gasteiger partial charge in [-0.05, 0) is 18.6 Å². The van der Waals surface area contributed by atoms with E-state index >= 15 is 0 Å². The molecule has 5 nitrogen and oxygen atoms in total. The first-order valence-corrected chi connectivity index (χ1v) is 9.79. The molecule has 0 aromatic heterocycles. The van der Waals surface area contributed by atoms with Gasteiger partial charge in [0.25, 0.3) is 0 Å². The van der Waals surface area contributed by atoms with Crippen LogP contribution in [0.3, 0.4) is 0 Å². The standard InChI is InChI=1S/C15H20Cl2N2O3S/c1-2-3-7-14(20)18-8-10-19(11-9-18)23(21,22)15-12(16)5-4-6-13(15)17/h4-6H,2-3,7-11H2,1H3. The average Bonchev–Trinajstić information content (AvgIpc) is 2.52. The van der Waals surface area contributed by atoms with Crippen molar-refractivity contribution in [1.82, 2.24) is 9.21 Å². The average molecular weight is 379 g/mol. The quantitative estimate of drug-likeness (QED) is 0.790. The van der Waals surface area contributed by atoms with Gasteiger partial charge in [-0.3, -0.25) is 4.79 Å². The second-order valence-electron chi connectivity index (χ2n) is 5.44. The van der Waals surface area contributed by atoms with Gasteiger partial charge in [-0.25, -0.2) is 8.42 Å². The lowest BCUT2D eigenvalue weighted by Crippen LogP contribution is -2.50. The molecule has 0 aliphatic carbocycles. The molecule has 0 radical (unpaired) electrons. The smallest absolute Gasteiger partial charge is 0.246 e. The third-order valence-corrected chi connectivity index (χ3v) is 6.71. The van der Waals surface area contributed by atoms with Crippen LogP contribution >= 0.6 is 23.2 Å². The highest BCUT2D eigenvalue weighted by atomic mass is 35.5. The molecule has 0 unspecified atom stereocenters. The largest absolute Gasteiger partial charge is 0.340 e. The van der Waals surface area contributed by atoms with Crippen molar-refractivity contribution >= 4 is 39.1 Å². The molecule has 0 atom stereocenters. The molecule has 2 rings (SSSR count). The van der Waals surface area contributed by atoms with Crippen LogP contribution in [-0.2, 0) is 14.8 Å². The Hall–Kier alpha value is -0.820. The third kappa shape index (κ3) is 4.18. The predicted octanol–water partition coefficient (Wildman–Crippen LogP) is 3.02. The maximum atomic E-state index is 12.7. The Balaban J connectivity index is 2.09. The fraction of sp³-hybridized carbons (Fsp3) is 0.533. The number of hydrogen-bond donors (Lipinski definition) is 0. The van der Waals surface area contributed by atoms with E-state index in [0.29, 0.717) is 19.5 Å². The van der Waals surface area contributed by atoms with E-state index in [2.05, 4.69) is 0 Å². The molecule has 0 saturated carbocycles. The monoisotopic (exact) mass is 378 g/mol. The van der Waals surface area contributed by atoms with E-state index in [1.165, 1.54) is 16.4 Å². The Morgan fingerprint density at radius 1 is 1.13 bits per heavy atom. The summed E-state index contributed by atoms with van der Waals surface area (Å²) < 4.78 is 26.8. The summed E-state index contributed by atoms with van der Waals surface area (Å²) in [6, 6.07) is 4.61. The number of halogens is 2. The van der Waals surface area contributed by atoms with Crippen molar-refractivity contribution in [3.05, 3.63) is 28.2 Å². The van der Waals surface area contributed by atoms with Crippen LogP contribution in [-0.4, -0.2) is 49.7 Å². The Labute approximate surface area is 147 Å². The topological polar surface area (TPSA) is 57.7 Å². The minimum atomic E-state index is -3.76. The SMILES string of the molecule is CCCCC(=O)N1CCN(S(=O)(=O)c2c(Cl)cccc2Cl)CC1. The number of piperazine rings is 1. The number of sulfonamides is 1. The summed E-state index contributed by atoms with van der Waals surface area (Å²) in [4.78, 5) is 13.7. The summed E-state index contributed by atoms with van der Waals surface area (Å²) in [7, 11) is -3.76. The maximum absolute atomic E-state index is 12.7. The highest BCUT2D eigenvalue weighted by molar-refractivity contribution is 7.89. The number of unbranched alkanes of at least 4 members (excludes halogenated alkanes) is 1. The van der Waals surface area contributed by atoms with Crippen molar-refractivity contribution in [3.8, 4) is 0 Å². The molecular formula is C15H20Cl2N2O3S. The fourth-order valence-corrected chi connectivity index (χ4v) is 5.04. The fourth-order valence-electron chi connectivity index (χ4n) is 2.52. The van der Waals surface area contributed by atoms with Gasteiger partial charge < -0.3 is 4.90 Å². The Kier molecular flexibility index (Phi) is 6.31. The highest BCUT2D eigenvalue weighted by Gasteiger charge is 2.32. The van der Waals surface area contributed by atoms with Crippen molar-refractivity contribution in [1.29, 1.82) is 0 Å². The minimum Gasteiger partial charge on any atom is -0.340 e. The van der Waals surface area contributed by atoms with Crippen molar-refractivity contribution in [2.45, 2.75) is 31.1 Å². The summed E-state index contributed by atoms with van der Waals surface area (Å²) in [5.74, 6) is 0.0830. The molecule has 1 fully saturated rings. The molecule has 1 aliphatic heterocycles. The summed E-state index contributed by atoms with van der Waals surface area (Å²) in [5.41, 5.74) is 0. The van der Waals surface area contributed by atoms with E-state index < -0.39 is 10.0 Å². The van der Waals surface area contributed by atoms with Crippen molar-refractivity contribution in [3.63, 3.8) is 0 Å². The minimum absolute atomic E-state index is 0.0610. The lowest BCUT2D eigenvalue weighted by Gasteiger charge is -2.34. The van der Waals surface area contributed by atoms with E-state index in [4.69, 9.17) is 23.2 Å². The molecule has 1 aromatic carbocycles. The zero-order chi connectivity index (χ0) is 17.0. The number of benzene rings is 1. The number of amides is 1. The first-order valence-electron chi connectivity index (χ1n) is 7.60. The molecule has 0 bridgehead atoms. The second kappa shape index (κ2) is 7.83. The zero-order valence-electron chi connectivity index (χ0n) is 13.0. The van der Waals surface area contributed by atoms with Gasteiger partial charge in [-0.2, -0.15) is 4.31 Å². The van der Waals surface area contributed by atoms with Crippen LogP contribution in [0.5, 0.6) is 0 Å². The number of carbonyl (C=O) groups excluding carboxylic acids is 1. The van der Waals surface area contributed by atoms with Crippen LogP contribution in [0.2, 0.25) is 10.0 Å². The molecular weight excluding hydrogens is 359 g/mol. The van der Waals surface area contributed by atoms with Gasteiger partial charge in [0.15, 0.2) is 0 Å². The summed E-state index contributed by atoms with van der Waals surface area (Å²) in [6.45, 7) is 3.32. The molecule has 0 N–H and O–H groups in total. The van der Waals surface area contributed by atoms with Gasteiger partial charge in [0.05, 0.1) is 10.0 Å². The van der Waals surface area contributed by atoms with E-state index in [-0.39, 0.29) is 33.9 Å². The molecule has 0 spiro atoms. The van der Waals surface area contributed by atoms with Crippen LogP contribution in [0.15, 0.2) is 23.1 Å². The summed E-state index contributed by atoms with van der Waals surface area (Å²) >= 11 is 12.0. The van der Waals surface area contributed by atoms with E-state index in [1.807, 2.05) is 6.92 Å². The van der Waals surface area contributed by atoms with Gasteiger partial charge in [-0.15, -0.1) is 0 Å². The second-order valence-corrected chi connectivity index (χ2v) is 8.13. The van der Waals surface area contributed by atoms with Gasteiger partial charge in [-0.1, -0.05) is 42.6 Å². The van der Waals surface area contributed by atoms with E-state index in [0.717, 1.165) is 12.8 Å². The summed E-state index contributed by atoms with van der Waals surface area (Å²) in [5, 5.41) is 0.220. The highest BCUT2D eigenvalue weighted by Crippen LogP contribution is 2.31. The normalized spacial score (nSPS) is 16.6. The Morgan fingerprint density at radius 2 is 1.70 bits per heavy atom. The Morgan fingerprint density at radius 3 is 2.22 bits per heavy atom. The van der Waals surface area contributed by atoms with Crippen LogP contribution in [0, 0.1) is 0 Å². The third-order valence-electron chi connectivity index (χ3n) is 3.85. The van der Waals surface area contributed by atoms with Crippen LogP contribution in [0.25, 0.3) is 0 Å². The lowest BCUT2D eigenvalue weighted by atomic mass is 10.2. The summed E-state index contributed by atoms with van der Waals surface area (Å²) in [6.07, 6.45) is 2.33. The molecule has 128 valence electrons. The zero-order valence-corrected chi connectivity index (χ0v) is 15.3. The first-order chi connectivity index (χ1) is 10.9. The maximum Gasteiger partial charge on any atom is 0.246 e. The van der Waals surface area contributed by atoms with Gasteiger partial charge >= 0.3 is 0 Å². The van der Waals surface area contributed by atoms with Crippen LogP contribution < -0.4 is 0 Å². The molecule has 1 aromatic rings. The molecule has 23 heavy (non-hydrogen) atoms. The van der Waals surface area contributed by atoms with Crippen LogP contribution in [0.4, 0.5) is 0 Å². The van der Waals surface area contributed by atoms with Crippen molar-refractivity contribution in [2.24, 2.45) is 0 Å². The number of hydrogen-bond acceptors (Lipinski definition) is 3. The number of carbonyl (C=O) groups is 1. The molecule has 1 heterocycles. The lowest BCUT2D eigenvalue weighted by molar-refractivity contribution is -0.132. The van der Waals surface area contributed by atoms with Crippen molar-refractivity contribution < 1.29 is 13.2 Å². The first kappa shape index (κ1) is 18.5. The van der Waals surface area contributed by atoms with Crippen LogP contribution in [0.1, 0.15) is 26.2 Å². The molecule has 1 amide bonds. The predicted molar refractivity (Wildman–Crippen MR) is 91.3 cm³/mol. The van der Waals surface area contributed by atoms with Crippen molar-refractivity contribution in [2.75, 3.05) is 26.2 Å².